The molecule has 1 fully saturated rings. The fraction of sp³-hybridized carbons (Fsp3) is 0.500. The van der Waals surface area contributed by atoms with Crippen LogP contribution in [0.1, 0.15) is 6.42 Å². The van der Waals surface area contributed by atoms with Crippen LogP contribution in [-0.2, 0) is 16.6 Å². The van der Waals surface area contributed by atoms with Crippen molar-refractivity contribution in [1.29, 1.82) is 0 Å². The Labute approximate surface area is 145 Å². The molecule has 0 aliphatic carbocycles. The highest BCUT2D eigenvalue weighted by Crippen LogP contribution is 2.28. The highest BCUT2D eigenvalue weighted by molar-refractivity contribution is 7.91. The summed E-state index contributed by atoms with van der Waals surface area (Å²) in [6.45, 7) is 4.39. The molecule has 0 N–H and O–H groups in total. The Morgan fingerprint density at radius 2 is 2.04 bits per heavy atom. The third-order valence-electron chi connectivity index (χ3n) is 3.89. The van der Waals surface area contributed by atoms with Crippen molar-refractivity contribution < 1.29 is 8.42 Å². The van der Waals surface area contributed by atoms with Gasteiger partial charge in [0.1, 0.15) is 4.21 Å². The zero-order valence-corrected chi connectivity index (χ0v) is 15.0. The molecule has 6 nitrogen and oxygen atoms in total. The van der Waals surface area contributed by atoms with E-state index in [4.69, 9.17) is 11.6 Å². The van der Waals surface area contributed by atoms with Gasteiger partial charge in [0.05, 0.1) is 10.9 Å². The minimum absolute atomic E-state index is 0.326. The topological polar surface area (TPSA) is 58.4 Å². The second-order valence-corrected chi connectivity index (χ2v) is 9.31. The molecule has 3 rings (SSSR count). The summed E-state index contributed by atoms with van der Waals surface area (Å²) in [6.07, 6.45) is 4.54. The van der Waals surface area contributed by atoms with E-state index in [-0.39, 0.29) is 0 Å². The fourth-order valence-corrected chi connectivity index (χ4v) is 5.76. The van der Waals surface area contributed by atoms with Gasteiger partial charge in [-0.25, -0.2) is 8.42 Å². The van der Waals surface area contributed by atoms with Crippen molar-refractivity contribution in [2.24, 2.45) is 0 Å². The molecule has 1 saturated heterocycles. The molecule has 2 aromatic heterocycles. The quantitative estimate of drug-likeness (QED) is 0.803. The lowest BCUT2D eigenvalue weighted by Gasteiger charge is -2.21. The molecule has 0 aromatic carbocycles. The van der Waals surface area contributed by atoms with Crippen LogP contribution >= 0.6 is 22.9 Å². The average molecular weight is 375 g/mol. The van der Waals surface area contributed by atoms with Crippen LogP contribution in [0.2, 0.25) is 4.34 Å². The van der Waals surface area contributed by atoms with Gasteiger partial charge < -0.3 is 4.90 Å². The van der Waals surface area contributed by atoms with Gasteiger partial charge in [0.15, 0.2) is 0 Å². The molecule has 1 aliphatic heterocycles. The van der Waals surface area contributed by atoms with E-state index < -0.39 is 10.0 Å². The Bertz CT molecular complexity index is 730. The predicted molar refractivity (Wildman–Crippen MR) is 91.4 cm³/mol. The third-order valence-corrected chi connectivity index (χ3v) is 7.49. The molecule has 0 spiro atoms. The number of halogens is 1. The number of sulfonamides is 1. The number of nitrogens with zero attached hydrogens (tertiary/aromatic N) is 4. The number of hydrogen-bond acceptors (Lipinski definition) is 5. The maximum Gasteiger partial charge on any atom is 0.252 e. The van der Waals surface area contributed by atoms with Gasteiger partial charge in [-0.2, -0.15) is 9.40 Å². The van der Waals surface area contributed by atoms with Crippen LogP contribution in [0.15, 0.2) is 34.8 Å². The number of aromatic nitrogens is 2. The minimum atomic E-state index is -3.42. The van der Waals surface area contributed by atoms with E-state index in [1.54, 1.807) is 22.6 Å². The molecule has 0 radical (unpaired) electrons. The Hall–Kier alpha value is -0.930. The Kier molecular flexibility index (Phi) is 5.38. The molecular weight excluding hydrogens is 356 g/mol. The first-order valence-corrected chi connectivity index (χ1v) is 10.1. The van der Waals surface area contributed by atoms with E-state index in [1.165, 1.54) is 0 Å². The van der Waals surface area contributed by atoms with Crippen LogP contribution < -0.4 is 0 Å². The van der Waals surface area contributed by atoms with Gasteiger partial charge in [0, 0.05) is 38.6 Å². The third kappa shape index (κ3) is 4.13. The second kappa shape index (κ2) is 7.31. The summed E-state index contributed by atoms with van der Waals surface area (Å²) in [5, 5.41) is 4.19. The lowest BCUT2D eigenvalue weighted by molar-refractivity contribution is 0.270. The first-order valence-electron chi connectivity index (χ1n) is 7.51. The zero-order chi connectivity index (χ0) is 16.3. The molecule has 0 amide bonds. The highest BCUT2D eigenvalue weighted by atomic mass is 35.5. The van der Waals surface area contributed by atoms with Gasteiger partial charge in [0.2, 0.25) is 0 Å². The number of rotatable bonds is 5. The Morgan fingerprint density at radius 3 is 2.74 bits per heavy atom. The van der Waals surface area contributed by atoms with Crippen molar-refractivity contribution in [2.75, 3.05) is 32.7 Å². The van der Waals surface area contributed by atoms with Gasteiger partial charge >= 0.3 is 0 Å². The van der Waals surface area contributed by atoms with Crippen molar-refractivity contribution in [1.82, 2.24) is 19.0 Å². The van der Waals surface area contributed by atoms with Crippen molar-refractivity contribution in [3.05, 3.63) is 34.9 Å². The maximum absolute atomic E-state index is 12.6. The van der Waals surface area contributed by atoms with E-state index in [2.05, 4.69) is 10.00 Å². The summed E-state index contributed by atoms with van der Waals surface area (Å²) >= 11 is 6.99. The normalized spacial score (nSPS) is 18.1. The molecular formula is C14H19ClN4O2S2. The molecule has 3 heterocycles. The SMILES string of the molecule is O=S(=O)(c1ccc(Cl)s1)N1CCCN(CCn2cccn2)CC1. The summed E-state index contributed by atoms with van der Waals surface area (Å²) in [5.74, 6) is 0. The van der Waals surface area contributed by atoms with Gasteiger partial charge in [-0.1, -0.05) is 11.6 Å². The van der Waals surface area contributed by atoms with Crippen LogP contribution in [0.3, 0.4) is 0 Å². The predicted octanol–water partition coefficient (Wildman–Crippen LogP) is 1.99. The van der Waals surface area contributed by atoms with Crippen LogP contribution in [0.25, 0.3) is 0 Å². The highest BCUT2D eigenvalue weighted by Gasteiger charge is 2.28. The summed E-state index contributed by atoms with van der Waals surface area (Å²) in [5.41, 5.74) is 0. The van der Waals surface area contributed by atoms with E-state index in [1.807, 2.05) is 16.9 Å². The summed E-state index contributed by atoms with van der Waals surface area (Å²) in [7, 11) is -3.42. The first-order chi connectivity index (χ1) is 11.1. The summed E-state index contributed by atoms with van der Waals surface area (Å²) in [6, 6.07) is 5.12. The van der Waals surface area contributed by atoms with Crippen molar-refractivity contribution in [3.8, 4) is 0 Å². The Balaban J connectivity index is 1.59. The van der Waals surface area contributed by atoms with Crippen molar-refractivity contribution in [2.45, 2.75) is 17.2 Å². The van der Waals surface area contributed by atoms with E-state index in [9.17, 15) is 8.42 Å². The number of thiophene rings is 1. The smallest absolute Gasteiger partial charge is 0.252 e. The van der Waals surface area contributed by atoms with E-state index in [0.29, 0.717) is 21.6 Å². The van der Waals surface area contributed by atoms with E-state index >= 15 is 0 Å². The van der Waals surface area contributed by atoms with Crippen molar-refractivity contribution in [3.63, 3.8) is 0 Å². The molecule has 0 unspecified atom stereocenters. The molecule has 1 aliphatic rings. The molecule has 126 valence electrons. The molecule has 0 bridgehead atoms. The summed E-state index contributed by atoms with van der Waals surface area (Å²) in [4.78, 5) is 2.29. The number of hydrogen-bond donors (Lipinski definition) is 0. The second-order valence-electron chi connectivity index (χ2n) is 5.43. The lowest BCUT2D eigenvalue weighted by atomic mass is 10.4. The maximum atomic E-state index is 12.6. The molecule has 23 heavy (non-hydrogen) atoms. The van der Waals surface area contributed by atoms with Gasteiger partial charge in [-0.3, -0.25) is 4.68 Å². The van der Waals surface area contributed by atoms with Crippen LogP contribution in [-0.4, -0.2) is 60.1 Å². The molecule has 9 heteroatoms. The van der Waals surface area contributed by atoms with Gasteiger partial charge in [-0.15, -0.1) is 11.3 Å². The Morgan fingerprint density at radius 1 is 1.17 bits per heavy atom. The molecule has 2 aromatic rings. The molecule has 0 saturated carbocycles. The average Bonchev–Trinajstić information content (AvgIpc) is 3.13. The van der Waals surface area contributed by atoms with Crippen LogP contribution in [0, 0.1) is 0 Å². The lowest BCUT2D eigenvalue weighted by Crippen LogP contribution is -2.35. The van der Waals surface area contributed by atoms with Gasteiger partial charge in [0.25, 0.3) is 10.0 Å². The minimum Gasteiger partial charge on any atom is -0.300 e. The summed E-state index contributed by atoms with van der Waals surface area (Å²) < 4.78 is 29.6. The van der Waals surface area contributed by atoms with Crippen LogP contribution in [0.5, 0.6) is 0 Å². The van der Waals surface area contributed by atoms with Crippen molar-refractivity contribution >= 4 is 33.0 Å². The largest absolute Gasteiger partial charge is 0.300 e. The molecule has 0 atom stereocenters. The van der Waals surface area contributed by atoms with E-state index in [0.717, 1.165) is 43.9 Å². The zero-order valence-electron chi connectivity index (χ0n) is 12.6. The first kappa shape index (κ1) is 16.9. The van der Waals surface area contributed by atoms with Gasteiger partial charge in [-0.05, 0) is 31.2 Å². The standard InChI is InChI=1S/C14H19ClN4O2S2/c15-13-3-4-14(22-13)23(20,21)19-8-2-6-17(10-12-19)9-11-18-7-1-5-16-18/h1,3-5,7H,2,6,8-12H2. The monoisotopic (exact) mass is 374 g/mol. The van der Waals surface area contributed by atoms with Crippen LogP contribution in [0.4, 0.5) is 0 Å². The fourth-order valence-electron chi connectivity index (χ4n) is 2.65.